The van der Waals surface area contributed by atoms with Gasteiger partial charge in [0.2, 0.25) is 5.88 Å². The van der Waals surface area contributed by atoms with E-state index in [1.165, 1.54) is 17.2 Å². The fourth-order valence-corrected chi connectivity index (χ4v) is 2.96. The molecule has 9 heteroatoms. The summed E-state index contributed by atoms with van der Waals surface area (Å²) in [5, 5.41) is 29.4. The lowest BCUT2D eigenvalue weighted by Crippen LogP contribution is -2.33. The van der Waals surface area contributed by atoms with Crippen molar-refractivity contribution in [2.45, 2.75) is 31.1 Å². The van der Waals surface area contributed by atoms with Crippen LogP contribution in [-0.4, -0.2) is 59.8 Å². The molecule has 0 saturated carbocycles. The summed E-state index contributed by atoms with van der Waals surface area (Å²) in [5.74, 6) is 0.310. The lowest BCUT2D eigenvalue weighted by molar-refractivity contribution is -0.0511. The van der Waals surface area contributed by atoms with E-state index in [1.54, 1.807) is 0 Å². The summed E-state index contributed by atoms with van der Waals surface area (Å²) >= 11 is 0. The predicted molar refractivity (Wildman–Crippen MR) is 89.1 cm³/mol. The minimum Gasteiger partial charge on any atom is -0.471 e. The topological polar surface area (TPSA) is 123 Å². The number of nitrogens with zero attached hydrogens (tertiary/aromatic N) is 4. The van der Waals surface area contributed by atoms with Crippen molar-refractivity contribution in [1.82, 2.24) is 19.5 Å². The number of aromatic nitrogens is 4. The van der Waals surface area contributed by atoms with Crippen molar-refractivity contribution in [3.8, 4) is 5.88 Å². The molecule has 4 rings (SSSR count). The summed E-state index contributed by atoms with van der Waals surface area (Å²) in [5.41, 5.74) is 1.81. The quantitative estimate of drug-likeness (QED) is 0.583. The van der Waals surface area contributed by atoms with Gasteiger partial charge in [0.05, 0.1) is 12.9 Å². The monoisotopic (exact) mass is 358 g/mol. The van der Waals surface area contributed by atoms with Gasteiger partial charge in [-0.25, -0.2) is 9.97 Å². The van der Waals surface area contributed by atoms with Crippen molar-refractivity contribution in [1.29, 1.82) is 0 Å². The summed E-state index contributed by atoms with van der Waals surface area (Å²) in [7, 11) is 0. The number of fused-ring (bicyclic) bond motifs is 1. The lowest BCUT2D eigenvalue weighted by Gasteiger charge is -2.16. The van der Waals surface area contributed by atoms with Crippen molar-refractivity contribution >= 4 is 11.2 Å². The number of hydrogen-bond acceptors (Lipinski definition) is 8. The van der Waals surface area contributed by atoms with Crippen LogP contribution in [0.5, 0.6) is 5.88 Å². The summed E-state index contributed by atoms with van der Waals surface area (Å²) in [6.45, 7) is -0.0740. The van der Waals surface area contributed by atoms with Crippen molar-refractivity contribution in [3.05, 3.63) is 48.5 Å². The van der Waals surface area contributed by atoms with Gasteiger partial charge >= 0.3 is 0 Å². The van der Waals surface area contributed by atoms with Gasteiger partial charge in [0.1, 0.15) is 31.2 Å². The Balaban J connectivity index is 1.61. The average molecular weight is 358 g/mol. The number of hydrogen-bond donors (Lipinski definition) is 3. The third-order valence-corrected chi connectivity index (χ3v) is 4.33. The van der Waals surface area contributed by atoms with E-state index < -0.39 is 31.1 Å². The molecule has 0 amide bonds. The number of imidazole rings is 1. The van der Waals surface area contributed by atoms with Crippen LogP contribution in [-0.2, 0) is 11.3 Å². The van der Waals surface area contributed by atoms with Gasteiger partial charge in [0.15, 0.2) is 17.4 Å². The Morgan fingerprint density at radius 1 is 1.08 bits per heavy atom. The number of rotatable bonds is 5. The number of ether oxygens (including phenoxy) is 2. The highest BCUT2D eigenvalue weighted by Gasteiger charge is 2.44. The molecule has 0 radical (unpaired) electrons. The average Bonchev–Trinajstić information content (AvgIpc) is 3.23. The zero-order valence-electron chi connectivity index (χ0n) is 13.7. The van der Waals surface area contributed by atoms with Gasteiger partial charge in [-0.15, -0.1) is 0 Å². The molecule has 0 unspecified atom stereocenters. The summed E-state index contributed by atoms with van der Waals surface area (Å²) < 4.78 is 12.8. The third-order valence-electron chi connectivity index (χ3n) is 4.33. The van der Waals surface area contributed by atoms with E-state index in [0.717, 1.165) is 5.56 Å². The number of aliphatic hydroxyl groups excluding tert-OH is 3. The van der Waals surface area contributed by atoms with Gasteiger partial charge in [0, 0.05) is 0 Å². The number of benzene rings is 1. The molecular weight excluding hydrogens is 340 g/mol. The Hall–Kier alpha value is -2.59. The van der Waals surface area contributed by atoms with E-state index >= 15 is 0 Å². The fraction of sp³-hybridized carbons (Fsp3) is 0.353. The van der Waals surface area contributed by atoms with Gasteiger partial charge in [-0.1, -0.05) is 30.3 Å². The maximum atomic E-state index is 10.2. The second-order valence-electron chi connectivity index (χ2n) is 6.01. The van der Waals surface area contributed by atoms with Crippen LogP contribution >= 0.6 is 0 Å². The van der Waals surface area contributed by atoms with Gasteiger partial charge < -0.3 is 24.8 Å². The zero-order chi connectivity index (χ0) is 18.1. The van der Waals surface area contributed by atoms with E-state index in [2.05, 4.69) is 15.0 Å². The van der Waals surface area contributed by atoms with E-state index in [9.17, 15) is 15.3 Å². The normalized spacial score (nSPS) is 25.7. The highest BCUT2D eigenvalue weighted by atomic mass is 16.6. The Bertz CT molecular complexity index is 887. The molecule has 1 aromatic carbocycles. The molecule has 3 N–H and O–H groups in total. The highest BCUT2D eigenvalue weighted by molar-refractivity contribution is 5.76. The van der Waals surface area contributed by atoms with Crippen molar-refractivity contribution < 1.29 is 24.8 Å². The highest BCUT2D eigenvalue weighted by Crippen LogP contribution is 2.32. The fourth-order valence-electron chi connectivity index (χ4n) is 2.96. The van der Waals surface area contributed by atoms with Crippen molar-refractivity contribution in [2.75, 3.05) is 6.61 Å². The molecule has 0 aliphatic carbocycles. The standard InChI is InChI=1S/C17H18N4O5/c22-6-11-13(23)14(24)17(26-11)21-9-20-12-15(21)18-8-19-16(12)25-7-10-4-2-1-3-5-10/h1-5,8-9,11,13-14,17,22-24H,6-7H2/t11-,13-,14-,17-/m1/s1. The Morgan fingerprint density at radius 3 is 2.62 bits per heavy atom. The molecular formula is C17H18N4O5. The third kappa shape index (κ3) is 2.90. The Labute approximate surface area is 148 Å². The molecule has 0 bridgehead atoms. The minimum absolute atomic E-state index is 0.310. The second kappa shape index (κ2) is 6.96. The van der Waals surface area contributed by atoms with E-state index in [0.29, 0.717) is 23.7 Å². The first-order valence-corrected chi connectivity index (χ1v) is 8.15. The first-order chi connectivity index (χ1) is 12.7. The van der Waals surface area contributed by atoms with Gasteiger partial charge in [-0.3, -0.25) is 4.57 Å². The second-order valence-corrected chi connectivity index (χ2v) is 6.01. The van der Waals surface area contributed by atoms with Crippen LogP contribution < -0.4 is 4.74 Å². The molecule has 9 nitrogen and oxygen atoms in total. The van der Waals surface area contributed by atoms with Crippen LogP contribution in [0.25, 0.3) is 11.2 Å². The molecule has 3 heterocycles. The van der Waals surface area contributed by atoms with Crippen molar-refractivity contribution in [2.24, 2.45) is 0 Å². The Morgan fingerprint density at radius 2 is 1.88 bits per heavy atom. The minimum atomic E-state index is -1.21. The smallest absolute Gasteiger partial charge is 0.245 e. The Kier molecular flexibility index (Phi) is 4.51. The predicted octanol–water partition coefficient (Wildman–Crippen LogP) is 0.0168. The first-order valence-electron chi connectivity index (χ1n) is 8.15. The first kappa shape index (κ1) is 16.9. The molecule has 3 aromatic rings. The van der Waals surface area contributed by atoms with Crippen LogP contribution in [0.15, 0.2) is 43.0 Å². The molecule has 0 spiro atoms. The maximum absolute atomic E-state index is 10.2. The maximum Gasteiger partial charge on any atom is 0.245 e. The van der Waals surface area contributed by atoms with Gasteiger partial charge in [0.25, 0.3) is 0 Å². The molecule has 4 atom stereocenters. The largest absolute Gasteiger partial charge is 0.471 e. The molecule has 1 aliphatic rings. The van der Waals surface area contributed by atoms with E-state index in [-0.39, 0.29) is 0 Å². The number of aliphatic hydroxyl groups is 3. The van der Waals surface area contributed by atoms with Crippen molar-refractivity contribution in [3.63, 3.8) is 0 Å². The molecule has 1 fully saturated rings. The van der Waals surface area contributed by atoms with Crippen LogP contribution in [0, 0.1) is 0 Å². The van der Waals surface area contributed by atoms with Crippen LogP contribution in [0.4, 0.5) is 0 Å². The summed E-state index contributed by atoms with van der Waals surface area (Å²) in [6, 6.07) is 9.65. The summed E-state index contributed by atoms with van der Waals surface area (Å²) in [4.78, 5) is 12.6. The lowest BCUT2D eigenvalue weighted by atomic mass is 10.1. The van der Waals surface area contributed by atoms with Gasteiger partial charge in [-0.05, 0) is 5.56 Å². The molecule has 2 aromatic heterocycles. The van der Waals surface area contributed by atoms with Gasteiger partial charge in [-0.2, -0.15) is 4.98 Å². The zero-order valence-corrected chi connectivity index (χ0v) is 13.7. The SMILES string of the molecule is OC[C@H]1O[C@@H](n2cnc3c(OCc4ccccc4)ncnc32)[C@H](O)[C@@H]1O. The van der Waals surface area contributed by atoms with Crippen LogP contribution in [0.1, 0.15) is 11.8 Å². The van der Waals surface area contributed by atoms with Crippen LogP contribution in [0.3, 0.4) is 0 Å². The summed E-state index contributed by atoms with van der Waals surface area (Å²) in [6.07, 6.45) is -1.42. The van der Waals surface area contributed by atoms with E-state index in [4.69, 9.17) is 9.47 Å². The molecule has 1 saturated heterocycles. The van der Waals surface area contributed by atoms with E-state index in [1.807, 2.05) is 30.3 Å². The molecule has 26 heavy (non-hydrogen) atoms. The van der Waals surface area contributed by atoms with Crippen LogP contribution in [0.2, 0.25) is 0 Å². The molecule has 136 valence electrons. The molecule has 1 aliphatic heterocycles.